The Labute approximate surface area is 147 Å². The Bertz CT molecular complexity index is 805. The zero-order valence-electron chi connectivity index (χ0n) is 13.9. The van der Waals surface area contributed by atoms with Gasteiger partial charge in [-0.1, -0.05) is 6.07 Å². The van der Waals surface area contributed by atoms with Crippen molar-refractivity contribution in [1.82, 2.24) is 4.90 Å². The first-order chi connectivity index (χ1) is 12.5. The highest BCUT2D eigenvalue weighted by Gasteiger charge is 2.21. The summed E-state index contributed by atoms with van der Waals surface area (Å²) in [4.78, 5) is 14.0. The largest absolute Gasteiger partial charge is 0.454 e. The number of carbonyl (C=O) groups excluding carboxylic acids is 1. The van der Waals surface area contributed by atoms with Gasteiger partial charge >= 0.3 is 0 Å². The fourth-order valence-electron chi connectivity index (χ4n) is 2.58. The molecule has 2 aromatic rings. The quantitative estimate of drug-likeness (QED) is 0.736. The first-order valence-electron chi connectivity index (χ1n) is 7.81. The molecule has 1 aliphatic rings. The summed E-state index contributed by atoms with van der Waals surface area (Å²) in [6, 6.07) is 6.56. The van der Waals surface area contributed by atoms with E-state index in [1.807, 2.05) is 0 Å². The summed E-state index contributed by atoms with van der Waals surface area (Å²) in [6.45, 7) is 0.686. The number of carbonyl (C=O) groups is 1. The fourth-order valence-corrected chi connectivity index (χ4v) is 2.58. The van der Waals surface area contributed by atoms with Crippen molar-refractivity contribution in [3.05, 3.63) is 58.9 Å². The van der Waals surface area contributed by atoms with Crippen molar-refractivity contribution >= 4 is 5.91 Å². The van der Waals surface area contributed by atoms with Gasteiger partial charge in [0.2, 0.25) is 6.79 Å². The fraction of sp³-hybridized carbons (Fsp3) is 0.278. The van der Waals surface area contributed by atoms with E-state index in [1.54, 1.807) is 18.2 Å². The minimum atomic E-state index is -1.61. The number of ether oxygens (including phenoxy) is 3. The van der Waals surface area contributed by atoms with Crippen LogP contribution >= 0.6 is 0 Å². The molecule has 0 atom stereocenters. The van der Waals surface area contributed by atoms with Gasteiger partial charge in [0.05, 0.1) is 6.61 Å². The monoisotopic (exact) mass is 367 g/mol. The summed E-state index contributed by atoms with van der Waals surface area (Å²) in [6.07, 6.45) is 0. The van der Waals surface area contributed by atoms with Crippen molar-refractivity contribution in [3.63, 3.8) is 0 Å². The predicted octanol–water partition coefficient (Wildman–Crippen LogP) is 3.12. The molecule has 0 fully saturated rings. The number of rotatable bonds is 6. The lowest BCUT2D eigenvalue weighted by molar-refractivity contribution is 0.0679. The van der Waals surface area contributed by atoms with Crippen molar-refractivity contribution in [1.29, 1.82) is 0 Å². The summed E-state index contributed by atoms with van der Waals surface area (Å²) < 4.78 is 55.6. The summed E-state index contributed by atoms with van der Waals surface area (Å²) in [5.74, 6) is -3.92. The Morgan fingerprint density at radius 1 is 1.12 bits per heavy atom. The molecule has 0 N–H and O–H groups in total. The van der Waals surface area contributed by atoms with E-state index in [9.17, 15) is 18.0 Å². The van der Waals surface area contributed by atoms with Gasteiger partial charge in [0.25, 0.3) is 5.91 Å². The molecule has 0 radical (unpaired) electrons. The molecule has 0 aromatic heterocycles. The van der Waals surface area contributed by atoms with Gasteiger partial charge in [-0.2, -0.15) is 0 Å². The smallest absolute Gasteiger partial charge is 0.254 e. The minimum absolute atomic E-state index is 0.124. The van der Waals surface area contributed by atoms with Gasteiger partial charge in [-0.25, -0.2) is 13.2 Å². The number of hydrogen-bond acceptors (Lipinski definition) is 4. The first-order valence-corrected chi connectivity index (χ1v) is 7.81. The molecule has 0 unspecified atom stereocenters. The van der Waals surface area contributed by atoms with E-state index in [-0.39, 0.29) is 32.1 Å². The van der Waals surface area contributed by atoms with Crippen molar-refractivity contribution in [3.8, 4) is 11.5 Å². The van der Waals surface area contributed by atoms with Crippen LogP contribution in [0.1, 0.15) is 15.9 Å². The maximum Gasteiger partial charge on any atom is 0.254 e. The van der Waals surface area contributed by atoms with Crippen molar-refractivity contribution in [2.45, 2.75) is 6.54 Å². The minimum Gasteiger partial charge on any atom is -0.454 e. The Morgan fingerprint density at radius 3 is 2.50 bits per heavy atom. The second-order valence-corrected chi connectivity index (χ2v) is 5.66. The van der Waals surface area contributed by atoms with Crippen LogP contribution in [0.15, 0.2) is 30.3 Å². The normalized spacial score (nSPS) is 12.3. The summed E-state index contributed by atoms with van der Waals surface area (Å²) in [5.41, 5.74) is 0.458. The second kappa shape index (κ2) is 7.65. The molecule has 138 valence electrons. The van der Waals surface area contributed by atoms with Crippen LogP contribution < -0.4 is 9.47 Å². The number of hydrogen-bond donors (Lipinski definition) is 0. The van der Waals surface area contributed by atoms with Gasteiger partial charge in [0, 0.05) is 25.8 Å². The van der Waals surface area contributed by atoms with Gasteiger partial charge in [0.1, 0.15) is 0 Å². The summed E-state index contributed by atoms with van der Waals surface area (Å²) in [7, 11) is 1.47. The number of amides is 1. The maximum absolute atomic E-state index is 13.5. The van der Waals surface area contributed by atoms with Crippen LogP contribution in [0.2, 0.25) is 0 Å². The average Bonchev–Trinajstić information content (AvgIpc) is 3.09. The van der Waals surface area contributed by atoms with Crippen LogP contribution in [0.3, 0.4) is 0 Å². The Morgan fingerprint density at radius 2 is 1.81 bits per heavy atom. The summed E-state index contributed by atoms with van der Waals surface area (Å²) >= 11 is 0. The lowest BCUT2D eigenvalue weighted by Crippen LogP contribution is -2.33. The third-order valence-electron chi connectivity index (χ3n) is 3.89. The molecule has 2 aromatic carbocycles. The summed E-state index contributed by atoms with van der Waals surface area (Å²) in [5, 5.41) is 0. The van der Waals surface area contributed by atoms with Gasteiger partial charge in [-0.15, -0.1) is 0 Å². The van der Waals surface area contributed by atoms with E-state index in [0.717, 1.165) is 5.56 Å². The van der Waals surface area contributed by atoms with Gasteiger partial charge in [-0.05, 0) is 29.8 Å². The van der Waals surface area contributed by atoms with E-state index < -0.39 is 23.4 Å². The van der Waals surface area contributed by atoms with E-state index in [4.69, 9.17) is 14.2 Å². The van der Waals surface area contributed by atoms with Crippen LogP contribution in [0.25, 0.3) is 0 Å². The maximum atomic E-state index is 13.5. The van der Waals surface area contributed by atoms with E-state index >= 15 is 0 Å². The molecule has 26 heavy (non-hydrogen) atoms. The molecular formula is C18H16F3NO4. The molecule has 1 aliphatic heterocycles. The van der Waals surface area contributed by atoms with Crippen LogP contribution in [0, 0.1) is 17.5 Å². The molecule has 0 saturated carbocycles. The number of methoxy groups -OCH3 is 1. The lowest BCUT2D eigenvalue weighted by Gasteiger charge is -2.23. The van der Waals surface area contributed by atoms with E-state index in [0.29, 0.717) is 23.6 Å². The highest BCUT2D eigenvalue weighted by Crippen LogP contribution is 2.33. The molecule has 1 heterocycles. The van der Waals surface area contributed by atoms with Crippen LogP contribution in [-0.4, -0.2) is 37.9 Å². The van der Waals surface area contributed by atoms with Gasteiger partial charge in [-0.3, -0.25) is 4.79 Å². The SMILES string of the molecule is COCCN(Cc1ccc2c(c1)OCO2)C(=O)c1cc(F)c(F)c(F)c1. The number of nitrogens with zero attached hydrogens (tertiary/aromatic N) is 1. The molecular weight excluding hydrogens is 351 g/mol. The van der Waals surface area contributed by atoms with E-state index in [1.165, 1.54) is 12.0 Å². The molecule has 8 heteroatoms. The Balaban J connectivity index is 1.84. The van der Waals surface area contributed by atoms with Gasteiger partial charge in [0.15, 0.2) is 29.0 Å². The Kier molecular flexibility index (Phi) is 5.32. The molecule has 5 nitrogen and oxygen atoms in total. The van der Waals surface area contributed by atoms with Crippen LogP contribution in [0.5, 0.6) is 11.5 Å². The standard InChI is InChI=1S/C18H16F3NO4/c1-24-5-4-22(9-11-2-3-15-16(6-11)26-10-25-15)18(23)12-7-13(19)17(21)14(20)8-12/h2-3,6-8H,4-5,9-10H2,1H3. The Hall–Kier alpha value is -2.74. The highest BCUT2D eigenvalue weighted by molar-refractivity contribution is 5.94. The zero-order chi connectivity index (χ0) is 18.7. The number of fused-ring (bicyclic) bond motifs is 1. The molecule has 0 saturated heterocycles. The van der Waals surface area contributed by atoms with Crippen molar-refractivity contribution in [2.24, 2.45) is 0 Å². The number of halogens is 3. The van der Waals surface area contributed by atoms with Gasteiger partial charge < -0.3 is 19.1 Å². The molecule has 1 amide bonds. The third kappa shape index (κ3) is 3.75. The molecule has 0 aliphatic carbocycles. The molecule has 3 rings (SSSR count). The van der Waals surface area contributed by atoms with Crippen LogP contribution in [0.4, 0.5) is 13.2 Å². The first kappa shape index (κ1) is 18.1. The van der Waals surface area contributed by atoms with Crippen molar-refractivity contribution < 1.29 is 32.2 Å². The second-order valence-electron chi connectivity index (χ2n) is 5.66. The predicted molar refractivity (Wildman–Crippen MR) is 85.5 cm³/mol. The lowest BCUT2D eigenvalue weighted by atomic mass is 10.1. The van der Waals surface area contributed by atoms with Crippen molar-refractivity contribution in [2.75, 3.05) is 27.1 Å². The van der Waals surface area contributed by atoms with Crippen LogP contribution in [-0.2, 0) is 11.3 Å². The molecule has 0 bridgehead atoms. The van der Waals surface area contributed by atoms with E-state index in [2.05, 4.69) is 0 Å². The number of benzene rings is 2. The molecule has 0 spiro atoms. The zero-order valence-corrected chi connectivity index (χ0v) is 13.9. The highest BCUT2D eigenvalue weighted by atomic mass is 19.2. The average molecular weight is 367 g/mol. The third-order valence-corrected chi connectivity index (χ3v) is 3.89. The topological polar surface area (TPSA) is 48.0 Å².